The van der Waals surface area contributed by atoms with Crippen LogP contribution in [0.5, 0.6) is 0 Å². The fourth-order valence-corrected chi connectivity index (χ4v) is 3.47. The molecule has 0 spiro atoms. The van der Waals surface area contributed by atoms with Crippen molar-refractivity contribution >= 4 is 34.8 Å². The number of hydrogen-bond donors (Lipinski definition) is 0. The molecule has 3 rings (SSSR count). The maximum absolute atomic E-state index is 12.6. The predicted molar refractivity (Wildman–Crippen MR) is 99.6 cm³/mol. The minimum absolute atomic E-state index is 0.234. The minimum Gasteiger partial charge on any atom is -0.465 e. The number of benzene rings is 1. The van der Waals surface area contributed by atoms with Gasteiger partial charge < -0.3 is 4.74 Å². The third kappa shape index (κ3) is 3.91. The number of esters is 1. The summed E-state index contributed by atoms with van der Waals surface area (Å²) in [5.74, 6) is 0.131. The number of rotatable bonds is 6. The van der Waals surface area contributed by atoms with Crippen LogP contribution in [0.3, 0.4) is 0 Å². The van der Waals surface area contributed by atoms with E-state index in [9.17, 15) is 9.59 Å². The Morgan fingerprint density at radius 2 is 2.04 bits per heavy atom. The molecule has 2 aromatic heterocycles. The third-order valence-electron chi connectivity index (χ3n) is 3.67. The summed E-state index contributed by atoms with van der Waals surface area (Å²) in [5, 5.41) is 5.57. The Bertz CT molecular complexity index is 998. The highest BCUT2D eigenvalue weighted by Crippen LogP contribution is 2.22. The fourth-order valence-electron chi connectivity index (χ4n) is 2.42. The number of carbonyl (C=O) groups excluding carboxylic acids is 1. The van der Waals surface area contributed by atoms with Crippen molar-refractivity contribution in [1.82, 2.24) is 19.2 Å². The SMILES string of the molecule is CCOC(=O)Cn1nc(SCc2ccc(Cl)cc2)n2cnc(C)c2c1=O. The van der Waals surface area contributed by atoms with Gasteiger partial charge in [0.05, 0.1) is 12.3 Å². The number of fused-ring (bicyclic) bond motifs is 1. The molecule has 9 heteroatoms. The smallest absolute Gasteiger partial charge is 0.327 e. The van der Waals surface area contributed by atoms with Gasteiger partial charge in [-0.15, -0.1) is 5.10 Å². The number of imidazole rings is 1. The average Bonchev–Trinajstić information content (AvgIpc) is 3.00. The number of halogens is 1. The minimum atomic E-state index is -0.503. The highest BCUT2D eigenvalue weighted by Gasteiger charge is 2.16. The Balaban J connectivity index is 1.95. The van der Waals surface area contributed by atoms with Gasteiger partial charge in [-0.05, 0) is 31.5 Å². The van der Waals surface area contributed by atoms with E-state index >= 15 is 0 Å². The lowest BCUT2D eigenvalue weighted by Crippen LogP contribution is -2.30. The van der Waals surface area contributed by atoms with E-state index in [0.29, 0.717) is 27.1 Å². The molecule has 26 heavy (non-hydrogen) atoms. The largest absolute Gasteiger partial charge is 0.465 e. The van der Waals surface area contributed by atoms with Gasteiger partial charge in [-0.2, -0.15) is 0 Å². The molecule has 3 aromatic rings. The van der Waals surface area contributed by atoms with Crippen LogP contribution in [0.2, 0.25) is 5.02 Å². The molecular weight excluding hydrogens is 376 g/mol. The van der Waals surface area contributed by atoms with Crippen LogP contribution in [0.1, 0.15) is 18.2 Å². The zero-order chi connectivity index (χ0) is 18.7. The summed E-state index contributed by atoms with van der Waals surface area (Å²) in [7, 11) is 0. The summed E-state index contributed by atoms with van der Waals surface area (Å²) >= 11 is 7.35. The van der Waals surface area contributed by atoms with E-state index in [1.54, 1.807) is 24.6 Å². The van der Waals surface area contributed by atoms with Crippen LogP contribution in [0.15, 0.2) is 40.5 Å². The maximum atomic E-state index is 12.6. The van der Waals surface area contributed by atoms with Crippen molar-refractivity contribution in [2.45, 2.75) is 31.3 Å². The Labute approximate surface area is 158 Å². The maximum Gasteiger partial charge on any atom is 0.327 e. The number of ether oxygens (including phenoxy) is 1. The quantitative estimate of drug-likeness (QED) is 0.474. The lowest BCUT2D eigenvalue weighted by Gasteiger charge is -2.10. The summed E-state index contributed by atoms with van der Waals surface area (Å²) in [6, 6.07) is 7.51. The molecule has 2 heterocycles. The molecule has 0 radical (unpaired) electrons. The van der Waals surface area contributed by atoms with Crippen molar-refractivity contribution in [1.29, 1.82) is 0 Å². The third-order valence-corrected chi connectivity index (χ3v) is 4.93. The van der Waals surface area contributed by atoms with Gasteiger partial charge in [0.1, 0.15) is 18.4 Å². The Morgan fingerprint density at radius 3 is 2.73 bits per heavy atom. The number of carbonyl (C=O) groups is 1. The Kier molecular flexibility index (Phi) is 5.63. The first-order chi connectivity index (χ1) is 12.5. The second-order valence-corrected chi connectivity index (χ2v) is 6.89. The van der Waals surface area contributed by atoms with Gasteiger partial charge in [-0.25, -0.2) is 9.67 Å². The molecule has 136 valence electrons. The van der Waals surface area contributed by atoms with E-state index in [1.165, 1.54) is 11.8 Å². The number of nitrogens with zero attached hydrogens (tertiary/aromatic N) is 4. The molecule has 0 bridgehead atoms. The van der Waals surface area contributed by atoms with Crippen LogP contribution in [0.25, 0.3) is 5.52 Å². The lowest BCUT2D eigenvalue weighted by molar-refractivity contribution is -0.144. The van der Waals surface area contributed by atoms with Crippen molar-refractivity contribution in [3.05, 3.63) is 57.2 Å². The summed E-state index contributed by atoms with van der Waals surface area (Å²) in [5.41, 5.74) is 1.68. The molecule has 0 aliphatic heterocycles. The zero-order valence-corrected chi connectivity index (χ0v) is 15.9. The van der Waals surface area contributed by atoms with Crippen LogP contribution in [0, 0.1) is 6.92 Å². The molecule has 0 amide bonds. The monoisotopic (exact) mass is 392 g/mol. The van der Waals surface area contributed by atoms with Crippen molar-refractivity contribution in [2.24, 2.45) is 0 Å². The summed E-state index contributed by atoms with van der Waals surface area (Å²) in [4.78, 5) is 28.6. The molecule has 0 saturated heterocycles. The normalized spacial score (nSPS) is 11.0. The van der Waals surface area contributed by atoms with Gasteiger partial charge >= 0.3 is 5.97 Å². The van der Waals surface area contributed by atoms with E-state index in [-0.39, 0.29) is 18.7 Å². The highest BCUT2D eigenvalue weighted by molar-refractivity contribution is 7.98. The summed E-state index contributed by atoms with van der Waals surface area (Å²) in [6.07, 6.45) is 1.57. The fraction of sp³-hybridized carbons (Fsp3) is 0.294. The molecule has 0 aliphatic rings. The molecule has 0 saturated carbocycles. The molecule has 0 aliphatic carbocycles. The van der Waals surface area contributed by atoms with E-state index in [0.717, 1.165) is 10.2 Å². The first-order valence-electron chi connectivity index (χ1n) is 7.97. The van der Waals surface area contributed by atoms with Crippen molar-refractivity contribution in [3.8, 4) is 0 Å². The summed E-state index contributed by atoms with van der Waals surface area (Å²) in [6.45, 7) is 3.48. The van der Waals surface area contributed by atoms with E-state index in [1.807, 2.05) is 24.3 Å². The first kappa shape index (κ1) is 18.5. The van der Waals surface area contributed by atoms with Gasteiger partial charge in [0.25, 0.3) is 5.56 Å². The van der Waals surface area contributed by atoms with Crippen LogP contribution >= 0.6 is 23.4 Å². The molecule has 0 unspecified atom stereocenters. The predicted octanol–water partition coefficient (Wildman–Crippen LogP) is 2.71. The van der Waals surface area contributed by atoms with Crippen LogP contribution in [-0.4, -0.2) is 31.7 Å². The second-order valence-electron chi connectivity index (χ2n) is 5.51. The van der Waals surface area contributed by atoms with Gasteiger partial charge in [0.2, 0.25) is 0 Å². The van der Waals surface area contributed by atoms with Gasteiger partial charge in [0.15, 0.2) is 5.16 Å². The molecule has 0 fully saturated rings. The second kappa shape index (κ2) is 7.92. The molecule has 0 N–H and O–H groups in total. The van der Waals surface area contributed by atoms with E-state index in [2.05, 4.69) is 10.1 Å². The van der Waals surface area contributed by atoms with Crippen LogP contribution in [0.4, 0.5) is 0 Å². The molecule has 0 atom stereocenters. The first-order valence-corrected chi connectivity index (χ1v) is 9.33. The number of aromatic nitrogens is 4. The van der Waals surface area contributed by atoms with Crippen molar-refractivity contribution < 1.29 is 9.53 Å². The topological polar surface area (TPSA) is 78.5 Å². The molecule has 1 aromatic carbocycles. The van der Waals surface area contributed by atoms with Crippen LogP contribution < -0.4 is 5.56 Å². The number of thioether (sulfide) groups is 1. The lowest BCUT2D eigenvalue weighted by atomic mass is 10.2. The molecular formula is C17H17ClN4O3S. The van der Waals surface area contributed by atoms with Gasteiger partial charge in [-0.1, -0.05) is 35.5 Å². The van der Waals surface area contributed by atoms with Gasteiger partial charge in [0, 0.05) is 10.8 Å². The number of hydrogen-bond acceptors (Lipinski definition) is 6. The van der Waals surface area contributed by atoms with Crippen molar-refractivity contribution in [2.75, 3.05) is 6.61 Å². The average molecular weight is 393 g/mol. The standard InChI is InChI=1S/C17H17ClN4O3S/c1-3-25-14(23)8-22-16(24)15-11(2)19-10-21(15)17(20-22)26-9-12-4-6-13(18)7-5-12/h4-7,10H,3,8-9H2,1-2H3. The van der Waals surface area contributed by atoms with Crippen molar-refractivity contribution in [3.63, 3.8) is 0 Å². The van der Waals surface area contributed by atoms with Crippen LogP contribution in [-0.2, 0) is 21.8 Å². The zero-order valence-electron chi connectivity index (χ0n) is 14.3. The Hall–Kier alpha value is -2.32. The highest BCUT2D eigenvalue weighted by atomic mass is 35.5. The summed E-state index contributed by atoms with van der Waals surface area (Å²) < 4.78 is 7.71. The van der Waals surface area contributed by atoms with Gasteiger partial charge in [-0.3, -0.25) is 14.0 Å². The van der Waals surface area contributed by atoms with E-state index in [4.69, 9.17) is 16.3 Å². The number of aryl methyl sites for hydroxylation is 1. The van der Waals surface area contributed by atoms with E-state index < -0.39 is 5.97 Å². The molecule has 7 nitrogen and oxygen atoms in total. The Morgan fingerprint density at radius 1 is 1.31 bits per heavy atom.